The molecule has 1 aromatic heterocycles. The molecule has 0 radical (unpaired) electrons. The summed E-state index contributed by atoms with van der Waals surface area (Å²) in [7, 11) is 0. The maximum Gasteiger partial charge on any atom is 0.254 e. The molecule has 4 aliphatic rings. The molecule has 0 atom stereocenters. The highest BCUT2D eigenvalue weighted by Crippen LogP contribution is 2.54. The Kier molecular flexibility index (Phi) is 8.40. The van der Waals surface area contributed by atoms with E-state index in [4.69, 9.17) is 0 Å². The SMILES string of the molecule is Cc1cc2c3c(c1)N(c1c(C)cc(C(C)(C)C)cc1C)c1sc4ccc(C)cc4c1B3c1cc3c(cc1N2c1ccc2c(c1)C(C)(C)CCC2(C)C)C(C)(C)CCC3(C)C. The third-order valence-electron chi connectivity index (χ3n) is 15.6. The molecule has 60 heavy (non-hydrogen) atoms. The third kappa shape index (κ3) is 5.71. The van der Waals surface area contributed by atoms with Crippen LogP contribution < -0.4 is 26.2 Å². The van der Waals surface area contributed by atoms with Crippen LogP contribution in [0, 0.1) is 27.7 Å². The molecule has 0 N–H and O–H groups in total. The Morgan fingerprint density at radius 1 is 0.533 bits per heavy atom. The number of thiophene rings is 1. The van der Waals surface area contributed by atoms with Crippen molar-refractivity contribution in [2.75, 3.05) is 9.80 Å². The molecule has 2 aliphatic carbocycles. The maximum atomic E-state index is 2.71. The Hall–Kier alpha value is -4.28. The number of aryl methyl sites for hydroxylation is 4. The van der Waals surface area contributed by atoms with Gasteiger partial charge in [-0.2, -0.15) is 0 Å². The van der Waals surface area contributed by atoms with Crippen LogP contribution in [0.15, 0.2) is 72.8 Å². The average Bonchev–Trinajstić information content (AvgIpc) is 3.53. The number of benzene rings is 5. The molecule has 2 nitrogen and oxygen atoms in total. The molecule has 10 rings (SSSR count). The van der Waals surface area contributed by atoms with Crippen molar-refractivity contribution in [2.45, 2.75) is 157 Å². The van der Waals surface area contributed by atoms with Gasteiger partial charge in [0, 0.05) is 27.4 Å². The third-order valence-corrected chi connectivity index (χ3v) is 16.8. The molecule has 0 unspecified atom stereocenters. The van der Waals surface area contributed by atoms with Gasteiger partial charge in [0.15, 0.2) is 0 Å². The zero-order chi connectivity index (χ0) is 42.8. The highest BCUT2D eigenvalue weighted by molar-refractivity contribution is 7.26. The van der Waals surface area contributed by atoms with E-state index in [9.17, 15) is 0 Å². The molecule has 5 aromatic carbocycles. The second kappa shape index (κ2) is 12.7. The van der Waals surface area contributed by atoms with Crippen LogP contribution in [0.5, 0.6) is 0 Å². The molecule has 4 heteroatoms. The Bertz CT molecular complexity index is 2800. The van der Waals surface area contributed by atoms with Crippen molar-refractivity contribution >= 4 is 78.0 Å². The van der Waals surface area contributed by atoms with Crippen LogP contribution in [0.1, 0.15) is 152 Å². The number of rotatable bonds is 2. The number of anilines is 6. The minimum atomic E-state index is 0.0637. The highest BCUT2D eigenvalue weighted by atomic mass is 32.1. The summed E-state index contributed by atoms with van der Waals surface area (Å²) in [4.78, 5) is 5.40. The van der Waals surface area contributed by atoms with Gasteiger partial charge in [-0.15, -0.1) is 11.3 Å². The summed E-state index contributed by atoms with van der Waals surface area (Å²) in [5, 5.41) is 2.77. The van der Waals surface area contributed by atoms with Crippen molar-refractivity contribution < 1.29 is 0 Å². The van der Waals surface area contributed by atoms with E-state index in [-0.39, 0.29) is 33.8 Å². The number of nitrogens with zero attached hydrogens (tertiary/aromatic N) is 2. The topological polar surface area (TPSA) is 6.48 Å². The van der Waals surface area contributed by atoms with E-state index in [1.54, 1.807) is 0 Å². The summed E-state index contributed by atoms with van der Waals surface area (Å²) in [5.41, 5.74) is 24.2. The molecule has 0 fully saturated rings. The highest BCUT2D eigenvalue weighted by Gasteiger charge is 2.48. The van der Waals surface area contributed by atoms with E-state index >= 15 is 0 Å². The van der Waals surface area contributed by atoms with Gasteiger partial charge < -0.3 is 9.80 Å². The second-order valence-corrected chi connectivity index (χ2v) is 24.1. The Morgan fingerprint density at radius 3 is 1.68 bits per heavy atom. The normalized spacial score (nSPS) is 19.1. The number of fused-ring (bicyclic) bond motifs is 8. The van der Waals surface area contributed by atoms with Gasteiger partial charge in [0.25, 0.3) is 6.71 Å². The molecule has 0 bridgehead atoms. The fourth-order valence-electron chi connectivity index (χ4n) is 11.8. The number of hydrogen-bond donors (Lipinski definition) is 0. The summed E-state index contributed by atoms with van der Waals surface area (Å²) in [5.74, 6) is 0. The first kappa shape index (κ1) is 39.8. The van der Waals surface area contributed by atoms with E-state index in [1.165, 1.54) is 136 Å². The zero-order valence-electron chi connectivity index (χ0n) is 39.1. The lowest BCUT2D eigenvalue weighted by Gasteiger charge is -2.47. The van der Waals surface area contributed by atoms with Gasteiger partial charge in [0.1, 0.15) is 0 Å². The second-order valence-electron chi connectivity index (χ2n) is 23.1. The van der Waals surface area contributed by atoms with E-state index in [0.29, 0.717) is 0 Å². The molecule has 0 saturated heterocycles. The van der Waals surface area contributed by atoms with Gasteiger partial charge in [-0.25, -0.2) is 0 Å². The van der Waals surface area contributed by atoms with Crippen molar-refractivity contribution in [2.24, 2.45) is 0 Å². The Labute approximate surface area is 365 Å². The molecule has 0 spiro atoms. The van der Waals surface area contributed by atoms with Crippen LogP contribution in [-0.2, 0) is 27.1 Å². The lowest BCUT2D eigenvalue weighted by Crippen LogP contribution is -2.61. The Balaban J connectivity index is 1.35. The van der Waals surface area contributed by atoms with Gasteiger partial charge in [0.05, 0.1) is 10.7 Å². The average molecular weight is 809 g/mol. The van der Waals surface area contributed by atoms with E-state index in [1.807, 2.05) is 11.3 Å². The maximum absolute atomic E-state index is 2.71. The molecule has 0 amide bonds. The quantitative estimate of drug-likeness (QED) is 0.161. The van der Waals surface area contributed by atoms with Crippen LogP contribution in [-0.4, -0.2) is 6.71 Å². The monoisotopic (exact) mass is 808 g/mol. The number of hydrogen-bond acceptors (Lipinski definition) is 3. The first-order valence-corrected chi connectivity index (χ1v) is 23.5. The van der Waals surface area contributed by atoms with Crippen molar-refractivity contribution in [3.8, 4) is 0 Å². The lowest BCUT2D eigenvalue weighted by molar-refractivity contribution is 0.332. The molecular formula is C56H65BN2S. The minimum Gasteiger partial charge on any atom is -0.311 e. The largest absolute Gasteiger partial charge is 0.311 e. The van der Waals surface area contributed by atoms with Crippen LogP contribution in [0.3, 0.4) is 0 Å². The zero-order valence-corrected chi connectivity index (χ0v) is 40.0. The Morgan fingerprint density at radius 2 is 1.08 bits per heavy atom. The van der Waals surface area contributed by atoms with Gasteiger partial charge >= 0.3 is 0 Å². The summed E-state index contributed by atoms with van der Waals surface area (Å²) in [6.45, 7) is 36.2. The van der Waals surface area contributed by atoms with Crippen molar-refractivity contribution in [1.29, 1.82) is 0 Å². The van der Waals surface area contributed by atoms with Crippen LogP contribution >= 0.6 is 11.3 Å². The van der Waals surface area contributed by atoms with Crippen molar-refractivity contribution in [3.05, 3.63) is 123 Å². The van der Waals surface area contributed by atoms with E-state index < -0.39 is 0 Å². The van der Waals surface area contributed by atoms with Gasteiger partial charge in [0.2, 0.25) is 0 Å². The first-order chi connectivity index (χ1) is 28.0. The van der Waals surface area contributed by atoms with Crippen LogP contribution in [0.4, 0.5) is 33.4 Å². The molecule has 0 saturated carbocycles. The standard InChI is InChI=1S/C56H65BN2S/c1-32-16-19-47-38(24-32)48-51(60-47)59(50-34(3)27-36(28-35(50)4)52(5,6)7)46-26-33(2)25-45-49(46)57(48)43-30-41-42(56(14,15)23-22-55(41,12)13)31-44(43)58(45)37-17-18-39-40(29-37)54(10,11)21-20-53(39,8)9/h16-19,24-31H,20-23H2,1-15H3. The van der Waals surface area contributed by atoms with Gasteiger partial charge in [-0.1, -0.05) is 118 Å². The summed E-state index contributed by atoms with van der Waals surface area (Å²) < 4.78 is 1.37. The lowest BCUT2D eigenvalue weighted by atomic mass is 9.33. The summed E-state index contributed by atoms with van der Waals surface area (Å²) in [6, 6.07) is 30.0. The van der Waals surface area contributed by atoms with Crippen molar-refractivity contribution in [3.63, 3.8) is 0 Å². The predicted octanol–water partition coefficient (Wildman–Crippen LogP) is 14.2. The van der Waals surface area contributed by atoms with Crippen molar-refractivity contribution in [1.82, 2.24) is 0 Å². The smallest absolute Gasteiger partial charge is 0.254 e. The molecule has 6 aromatic rings. The molecule has 2 aliphatic heterocycles. The van der Waals surface area contributed by atoms with Crippen LogP contribution in [0.2, 0.25) is 0 Å². The summed E-state index contributed by atoms with van der Waals surface area (Å²) >= 11 is 1.98. The molecular weight excluding hydrogens is 744 g/mol. The van der Waals surface area contributed by atoms with Gasteiger partial charge in [-0.05, 0) is 183 Å². The van der Waals surface area contributed by atoms with E-state index in [0.717, 1.165) is 0 Å². The van der Waals surface area contributed by atoms with Gasteiger partial charge in [-0.3, -0.25) is 0 Å². The predicted molar refractivity (Wildman–Crippen MR) is 264 cm³/mol. The van der Waals surface area contributed by atoms with E-state index in [2.05, 4.69) is 186 Å². The van der Waals surface area contributed by atoms with Crippen LogP contribution in [0.25, 0.3) is 10.1 Å². The fraction of sp³-hybridized carbons (Fsp3) is 0.429. The molecule has 308 valence electrons. The summed E-state index contributed by atoms with van der Waals surface area (Å²) in [6.07, 6.45) is 4.79. The first-order valence-electron chi connectivity index (χ1n) is 22.7. The minimum absolute atomic E-state index is 0.0637. The fourth-order valence-corrected chi connectivity index (χ4v) is 13.0. The molecule has 3 heterocycles.